The molecule has 0 unspecified atom stereocenters. The zero-order valence-electron chi connectivity index (χ0n) is 14.1. The zero-order chi connectivity index (χ0) is 17.2. The van der Waals surface area contributed by atoms with Crippen LogP contribution in [0.25, 0.3) is 0 Å². The summed E-state index contributed by atoms with van der Waals surface area (Å²) in [5, 5.41) is 0. The Morgan fingerprint density at radius 1 is 1.16 bits per heavy atom. The number of carbonyl (C=O) groups is 2. The number of carbonyl (C=O) groups excluding carboxylic acids is 2. The Hall–Kier alpha value is -2.69. The minimum Gasteiger partial charge on any atom is -0.343 e. The van der Waals surface area contributed by atoms with E-state index in [-0.39, 0.29) is 17.7 Å². The molecule has 1 saturated heterocycles. The van der Waals surface area contributed by atoms with Crippen molar-refractivity contribution < 1.29 is 9.59 Å². The fourth-order valence-electron chi connectivity index (χ4n) is 3.84. The van der Waals surface area contributed by atoms with E-state index in [1.807, 2.05) is 28.0 Å². The largest absolute Gasteiger partial charge is 0.343 e. The second kappa shape index (κ2) is 6.67. The Morgan fingerprint density at radius 2 is 1.96 bits per heavy atom. The molecule has 2 aliphatic heterocycles. The van der Waals surface area contributed by atoms with Crippen LogP contribution in [-0.4, -0.2) is 41.3 Å². The molecule has 25 heavy (non-hydrogen) atoms. The molecular formula is C20H21N3O2. The number of nitrogens with zero attached hydrogens (tertiary/aromatic N) is 3. The Labute approximate surface area is 147 Å². The van der Waals surface area contributed by atoms with E-state index in [0.717, 1.165) is 31.6 Å². The molecule has 1 fully saturated rings. The molecule has 0 aliphatic carbocycles. The molecule has 1 aromatic carbocycles. The van der Waals surface area contributed by atoms with E-state index in [4.69, 9.17) is 0 Å². The predicted molar refractivity (Wildman–Crippen MR) is 95.5 cm³/mol. The number of fused-ring (bicyclic) bond motifs is 1. The summed E-state index contributed by atoms with van der Waals surface area (Å²) < 4.78 is 0. The molecule has 1 aromatic heterocycles. The molecule has 5 heteroatoms. The van der Waals surface area contributed by atoms with Gasteiger partial charge in [-0.05, 0) is 36.6 Å². The fraction of sp³-hybridized carbons (Fsp3) is 0.350. The average molecular weight is 335 g/mol. The molecule has 0 radical (unpaired) electrons. The summed E-state index contributed by atoms with van der Waals surface area (Å²) in [6, 6.07) is 11.6. The number of amides is 2. The van der Waals surface area contributed by atoms with Crippen molar-refractivity contribution in [2.75, 3.05) is 24.5 Å². The van der Waals surface area contributed by atoms with Gasteiger partial charge >= 0.3 is 0 Å². The minimum atomic E-state index is 0.00889. The predicted octanol–water partition coefficient (Wildman–Crippen LogP) is 2.84. The summed E-state index contributed by atoms with van der Waals surface area (Å²) >= 11 is 0. The molecular weight excluding hydrogens is 314 g/mol. The van der Waals surface area contributed by atoms with E-state index in [1.54, 1.807) is 24.5 Å². The number of hydrogen-bond acceptors (Lipinski definition) is 3. The molecule has 0 N–H and O–H groups in total. The van der Waals surface area contributed by atoms with Crippen molar-refractivity contribution in [2.24, 2.45) is 0 Å². The van der Waals surface area contributed by atoms with Crippen LogP contribution in [0.1, 0.15) is 41.1 Å². The number of para-hydroxylation sites is 1. The van der Waals surface area contributed by atoms with Crippen molar-refractivity contribution in [2.45, 2.75) is 25.2 Å². The van der Waals surface area contributed by atoms with Gasteiger partial charge in [0.15, 0.2) is 0 Å². The highest BCUT2D eigenvalue weighted by Gasteiger charge is 2.33. The first-order valence-corrected chi connectivity index (χ1v) is 8.82. The van der Waals surface area contributed by atoms with E-state index in [0.29, 0.717) is 18.5 Å². The SMILES string of the molecule is O=C1CCCN1CC[C@@H]1CN(C(=O)c2ccncc2)c2ccccc21. The monoisotopic (exact) mass is 335 g/mol. The maximum absolute atomic E-state index is 12.9. The highest BCUT2D eigenvalue weighted by Crippen LogP contribution is 2.38. The van der Waals surface area contributed by atoms with E-state index in [2.05, 4.69) is 11.1 Å². The minimum absolute atomic E-state index is 0.00889. The summed E-state index contributed by atoms with van der Waals surface area (Å²) in [6.07, 6.45) is 5.82. The van der Waals surface area contributed by atoms with E-state index in [1.165, 1.54) is 5.56 Å². The van der Waals surface area contributed by atoms with Gasteiger partial charge in [-0.1, -0.05) is 18.2 Å². The van der Waals surface area contributed by atoms with Gasteiger partial charge in [-0.2, -0.15) is 0 Å². The highest BCUT2D eigenvalue weighted by atomic mass is 16.2. The third kappa shape index (κ3) is 3.02. The van der Waals surface area contributed by atoms with Gasteiger partial charge < -0.3 is 9.80 Å². The van der Waals surface area contributed by atoms with Crippen LogP contribution >= 0.6 is 0 Å². The zero-order valence-corrected chi connectivity index (χ0v) is 14.1. The van der Waals surface area contributed by atoms with Crippen molar-refractivity contribution in [3.05, 3.63) is 59.9 Å². The third-order valence-electron chi connectivity index (χ3n) is 5.16. The van der Waals surface area contributed by atoms with Crippen LogP contribution in [0, 0.1) is 0 Å². The van der Waals surface area contributed by atoms with Crippen molar-refractivity contribution in [1.82, 2.24) is 9.88 Å². The molecule has 0 bridgehead atoms. The molecule has 5 nitrogen and oxygen atoms in total. The van der Waals surface area contributed by atoms with Crippen LogP contribution in [0.2, 0.25) is 0 Å². The highest BCUT2D eigenvalue weighted by molar-refractivity contribution is 6.07. The molecule has 1 atom stereocenters. The first-order valence-electron chi connectivity index (χ1n) is 8.82. The van der Waals surface area contributed by atoms with Crippen LogP contribution in [-0.2, 0) is 4.79 Å². The van der Waals surface area contributed by atoms with Crippen molar-refractivity contribution in [1.29, 1.82) is 0 Å². The number of benzene rings is 1. The topological polar surface area (TPSA) is 53.5 Å². The van der Waals surface area contributed by atoms with Gasteiger partial charge in [-0.25, -0.2) is 0 Å². The number of anilines is 1. The lowest BCUT2D eigenvalue weighted by Crippen LogP contribution is -2.31. The van der Waals surface area contributed by atoms with Crippen LogP contribution in [0.15, 0.2) is 48.8 Å². The Kier molecular flexibility index (Phi) is 4.22. The fourth-order valence-corrected chi connectivity index (χ4v) is 3.84. The quantitative estimate of drug-likeness (QED) is 0.863. The van der Waals surface area contributed by atoms with Crippen molar-refractivity contribution >= 4 is 17.5 Å². The number of aromatic nitrogens is 1. The second-order valence-corrected chi connectivity index (χ2v) is 6.68. The van der Waals surface area contributed by atoms with Crippen LogP contribution in [0.3, 0.4) is 0 Å². The van der Waals surface area contributed by atoms with Gasteiger partial charge in [0.2, 0.25) is 5.91 Å². The average Bonchev–Trinajstić information content (AvgIpc) is 3.23. The third-order valence-corrected chi connectivity index (χ3v) is 5.16. The first kappa shape index (κ1) is 15.8. The lowest BCUT2D eigenvalue weighted by atomic mass is 9.98. The number of pyridine rings is 1. The van der Waals surface area contributed by atoms with E-state index >= 15 is 0 Å². The lowest BCUT2D eigenvalue weighted by Gasteiger charge is -2.20. The maximum atomic E-state index is 12.9. The van der Waals surface area contributed by atoms with Gasteiger partial charge in [0.05, 0.1) is 0 Å². The molecule has 2 aromatic rings. The molecule has 0 spiro atoms. The summed E-state index contributed by atoms with van der Waals surface area (Å²) in [5.74, 6) is 0.543. The van der Waals surface area contributed by atoms with Crippen molar-refractivity contribution in [3.8, 4) is 0 Å². The van der Waals surface area contributed by atoms with Crippen LogP contribution in [0.4, 0.5) is 5.69 Å². The maximum Gasteiger partial charge on any atom is 0.258 e. The van der Waals surface area contributed by atoms with Crippen LogP contribution < -0.4 is 4.90 Å². The van der Waals surface area contributed by atoms with Gasteiger partial charge in [0, 0.05) is 55.6 Å². The van der Waals surface area contributed by atoms with Crippen molar-refractivity contribution in [3.63, 3.8) is 0 Å². The van der Waals surface area contributed by atoms with E-state index < -0.39 is 0 Å². The molecule has 128 valence electrons. The van der Waals surface area contributed by atoms with E-state index in [9.17, 15) is 9.59 Å². The first-order chi connectivity index (χ1) is 12.2. The number of rotatable bonds is 4. The smallest absolute Gasteiger partial charge is 0.258 e. The standard InChI is InChI=1S/C20H21N3O2/c24-19-6-3-12-22(19)13-9-16-14-23(18-5-2-1-4-17(16)18)20(25)15-7-10-21-11-8-15/h1-2,4-5,7-8,10-11,16H,3,6,9,12-14H2/t16-/m1/s1. The molecule has 2 aliphatic rings. The summed E-state index contributed by atoms with van der Waals surface area (Å²) in [5.41, 5.74) is 2.85. The normalized spacial score (nSPS) is 19.4. The lowest BCUT2D eigenvalue weighted by molar-refractivity contribution is -0.127. The van der Waals surface area contributed by atoms with Crippen LogP contribution in [0.5, 0.6) is 0 Å². The summed E-state index contributed by atoms with van der Waals surface area (Å²) in [7, 11) is 0. The number of hydrogen-bond donors (Lipinski definition) is 0. The molecule has 2 amide bonds. The van der Waals surface area contributed by atoms with Gasteiger partial charge in [0.25, 0.3) is 5.91 Å². The molecule has 3 heterocycles. The molecule has 4 rings (SSSR count). The molecule has 0 saturated carbocycles. The summed E-state index contributed by atoms with van der Waals surface area (Å²) in [6.45, 7) is 2.31. The second-order valence-electron chi connectivity index (χ2n) is 6.68. The number of likely N-dealkylation sites (tertiary alicyclic amines) is 1. The van der Waals surface area contributed by atoms with Gasteiger partial charge in [-0.15, -0.1) is 0 Å². The Balaban J connectivity index is 1.53. The van der Waals surface area contributed by atoms with Gasteiger partial charge in [0.1, 0.15) is 0 Å². The van der Waals surface area contributed by atoms with Gasteiger partial charge in [-0.3, -0.25) is 14.6 Å². The Morgan fingerprint density at radius 3 is 2.72 bits per heavy atom. The summed E-state index contributed by atoms with van der Waals surface area (Å²) in [4.78, 5) is 32.5. The Bertz CT molecular complexity index is 791.